The zero-order valence-corrected chi connectivity index (χ0v) is 28.5. The number of hydrogen-bond donors (Lipinski definition) is 6. The summed E-state index contributed by atoms with van der Waals surface area (Å²) in [6.45, 7) is 3.28. The van der Waals surface area contributed by atoms with Gasteiger partial charge in [-0.1, -0.05) is 103 Å². The van der Waals surface area contributed by atoms with Crippen LogP contribution in [0.5, 0.6) is 34.5 Å². The van der Waals surface area contributed by atoms with Crippen LogP contribution >= 0.6 is 0 Å². The zero-order chi connectivity index (χ0) is 36.4. The molecule has 0 radical (unpaired) electrons. The minimum absolute atomic E-state index is 0.0920. The van der Waals surface area contributed by atoms with Crippen LogP contribution in [0.25, 0.3) is 98.4 Å². The molecule has 0 aliphatic heterocycles. The molecule has 0 amide bonds. The van der Waals surface area contributed by atoms with Crippen molar-refractivity contribution in [2.45, 2.75) is 13.8 Å². The third-order valence-electron chi connectivity index (χ3n) is 11.0. The summed E-state index contributed by atoms with van der Waals surface area (Å²) in [5.74, 6) is -2.66. The van der Waals surface area contributed by atoms with E-state index in [0.29, 0.717) is 38.6 Å². The molecule has 0 spiro atoms. The van der Waals surface area contributed by atoms with Gasteiger partial charge in [0.25, 0.3) is 0 Å². The fraction of sp³-hybridized carbons (Fsp3) is 0.0435. The summed E-state index contributed by atoms with van der Waals surface area (Å²) >= 11 is 0. The van der Waals surface area contributed by atoms with E-state index in [1.54, 1.807) is 19.9 Å². The van der Waals surface area contributed by atoms with E-state index in [0.717, 1.165) is 32.7 Å². The summed E-state index contributed by atoms with van der Waals surface area (Å²) in [5, 5.41) is 76.1. The van der Waals surface area contributed by atoms with Crippen LogP contribution in [0.15, 0.2) is 114 Å². The van der Waals surface area contributed by atoms with Gasteiger partial charge in [0.15, 0.2) is 23.0 Å². The van der Waals surface area contributed by atoms with Crippen molar-refractivity contribution in [3.8, 4) is 67.9 Å². The van der Waals surface area contributed by atoms with Gasteiger partial charge in [-0.25, -0.2) is 0 Å². The maximum absolute atomic E-state index is 12.0. The van der Waals surface area contributed by atoms with E-state index in [1.165, 1.54) is 0 Å². The summed E-state index contributed by atoms with van der Waals surface area (Å²) < 4.78 is 6.32. The predicted octanol–water partition coefficient (Wildman–Crippen LogP) is 11.5. The topological polar surface area (TPSA) is 135 Å². The molecule has 53 heavy (non-hydrogen) atoms. The Kier molecular flexibility index (Phi) is 6.19. The number of aromatic hydroxyl groups is 6. The van der Waals surface area contributed by atoms with Gasteiger partial charge < -0.3 is 35.1 Å². The molecule has 1 heterocycles. The van der Waals surface area contributed by atoms with Crippen LogP contribution in [0.4, 0.5) is 0 Å². The molecular formula is C46H30O7. The van der Waals surface area contributed by atoms with Crippen molar-refractivity contribution >= 4 is 65.0 Å². The van der Waals surface area contributed by atoms with Crippen molar-refractivity contribution < 1.29 is 35.1 Å². The summed E-state index contributed by atoms with van der Waals surface area (Å²) in [6, 6.07) is 34.9. The molecule has 0 aliphatic rings. The van der Waals surface area contributed by atoms with Crippen LogP contribution in [0.3, 0.4) is 0 Å². The number of aryl methyl sites for hydroxylation is 2. The predicted molar refractivity (Wildman–Crippen MR) is 211 cm³/mol. The first-order chi connectivity index (χ1) is 25.7. The minimum atomic E-state index is -0.596. The van der Waals surface area contributed by atoms with Crippen molar-refractivity contribution in [3.05, 3.63) is 120 Å². The number of hydrogen-bond acceptors (Lipinski definition) is 7. The second kappa shape index (κ2) is 10.7. The van der Waals surface area contributed by atoms with E-state index in [9.17, 15) is 30.6 Å². The Morgan fingerprint density at radius 1 is 0.377 bits per heavy atom. The molecule has 0 saturated carbocycles. The maximum atomic E-state index is 12.0. The molecule has 0 saturated heterocycles. The molecule has 10 aromatic rings. The van der Waals surface area contributed by atoms with Gasteiger partial charge in [0, 0.05) is 65.5 Å². The van der Waals surface area contributed by atoms with Gasteiger partial charge in [0.1, 0.15) is 22.7 Å². The first-order valence-electron chi connectivity index (χ1n) is 17.2. The molecular weight excluding hydrogens is 664 g/mol. The molecule has 0 bridgehead atoms. The van der Waals surface area contributed by atoms with Gasteiger partial charge in [-0.05, 0) is 47.4 Å². The Labute approximate surface area is 301 Å². The lowest BCUT2D eigenvalue weighted by molar-refractivity contribution is 0.406. The fourth-order valence-electron chi connectivity index (χ4n) is 8.55. The van der Waals surface area contributed by atoms with E-state index in [4.69, 9.17) is 4.42 Å². The van der Waals surface area contributed by atoms with Gasteiger partial charge in [-0.15, -0.1) is 0 Å². The molecule has 10 rings (SSSR count). The highest BCUT2D eigenvalue weighted by atomic mass is 16.3. The Morgan fingerprint density at radius 2 is 0.925 bits per heavy atom. The molecule has 256 valence electrons. The number of benzene rings is 9. The second-order valence-corrected chi connectivity index (χ2v) is 13.7. The second-order valence-electron chi connectivity index (χ2n) is 13.7. The zero-order valence-electron chi connectivity index (χ0n) is 28.5. The molecule has 0 unspecified atom stereocenters. The Hall–Kier alpha value is -7.12. The Morgan fingerprint density at radius 3 is 1.72 bits per heavy atom. The summed E-state index contributed by atoms with van der Waals surface area (Å²) in [4.78, 5) is 0. The lowest BCUT2D eigenvalue weighted by Gasteiger charge is -2.25. The average Bonchev–Trinajstić information content (AvgIpc) is 3.57. The van der Waals surface area contributed by atoms with E-state index < -0.39 is 23.0 Å². The lowest BCUT2D eigenvalue weighted by Crippen LogP contribution is -1.98. The van der Waals surface area contributed by atoms with E-state index in [1.807, 2.05) is 78.9 Å². The number of para-hydroxylation sites is 2. The van der Waals surface area contributed by atoms with Gasteiger partial charge in [-0.3, -0.25) is 0 Å². The van der Waals surface area contributed by atoms with Gasteiger partial charge >= 0.3 is 0 Å². The highest BCUT2D eigenvalue weighted by Crippen LogP contribution is 2.61. The summed E-state index contributed by atoms with van der Waals surface area (Å²) in [5.41, 5.74) is 4.95. The molecule has 0 atom stereocenters. The van der Waals surface area contributed by atoms with Gasteiger partial charge in [0.2, 0.25) is 0 Å². The Balaban J connectivity index is 1.32. The minimum Gasteiger partial charge on any atom is -0.507 e. The molecule has 0 aliphatic carbocycles. The molecule has 7 heteroatoms. The molecule has 9 aromatic carbocycles. The quantitative estimate of drug-likeness (QED) is 0.0800. The maximum Gasteiger partial charge on any atom is 0.169 e. The smallest absolute Gasteiger partial charge is 0.169 e. The van der Waals surface area contributed by atoms with E-state index >= 15 is 0 Å². The lowest BCUT2D eigenvalue weighted by atomic mass is 9.81. The number of phenols is 6. The molecule has 7 nitrogen and oxygen atoms in total. The monoisotopic (exact) mass is 694 g/mol. The van der Waals surface area contributed by atoms with E-state index in [-0.39, 0.29) is 49.7 Å². The molecule has 0 fully saturated rings. The van der Waals surface area contributed by atoms with Crippen molar-refractivity contribution in [1.82, 2.24) is 0 Å². The third kappa shape index (κ3) is 3.93. The Bertz CT molecular complexity index is 3190. The van der Waals surface area contributed by atoms with Gasteiger partial charge in [-0.2, -0.15) is 0 Å². The van der Waals surface area contributed by atoms with E-state index in [2.05, 4.69) is 24.3 Å². The number of furan rings is 1. The normalized spacial score (nSPS) is 12.0. The van der Waals surface area contributed by atoms with Crippen molar-refractivity contribution in [3.63, 3.8) is 0 Å². The van der Waals surface area contributed by atoms with Crippen LogP contribution in [0, 0.1) is 13.8 Å². The van der Waals surface area contributed by atoms with Crippen LogP contribution in [-0.4, -0.2) is 30.6 Å². The highest BCUT2D eigenvalue weighted by molar-refractivity contribution is 6.36. The van der Waals surface area contributed by atoms with Crippen LogP contribution in [-0.2, 0) is 0 Å². The summed E-state index contributed by atoms with van der Waals surface area (Å²) in [7, 11) is 0. The van der Waals surface area contributed by atoms with Gasteiger partial charge in [0.05, 0.1) is 5.39 Å². The van der Waals surface area contributed by atoms with Crippen molar-refractivity contribution in [1.29, 1.82) is 0 Å². The SMILES string of the molecule is Cc1c(O)c2c(-c3cccc4c3oc3ccccc34)c(O)c(O)c3c(O)c(C)c4c(-c5ccc(-c6cccc7ccccc67)cc5)c(O)c(O)c1c4c32. The molecule has 6 N–H and O–H groups in total. The van der Waals surface area contributed by atoms with Crippen LogP contribution in [0.2, 0.25) is 0 Å². The summed E-state index contributed by atoms with van der Waals surface area (Å²) in [6.07, 6.45) is 0. The van der Waals surface area contributed by atoms with Crippen molar-refractivity contribution in [2.75, 3.05) is 0 Å². The third-order valence-corrected chi connectivity index (χ3v) is 11.0. The fourth-order valence-corrected chi connectivity index (χ4v) is 8.55. The average molecular weight is 695 g/mol. The number of phenolic OH excluding ortho intramolecular Hbond substituents is 6. The standard InChI is InChI=1S/C46H30O7/c1-21-32-34(25-19-17-24(18-20-25)27-13-7-10-23-9-3-4-11-26(23)27)43(50)42(49)33-22(2)40(47)38-35(44(51)45(52)39(41(21)48)37(38)36(32)33)30-15-8-14-29-28-12-5-6-16-31(28)53-46(29)30/h3-20,47-52H,1-2H3. The first-order valence-corrected chi connectivity index (χ1v) is 17.2. The highest BCUT2D eigenvalue weighted by Gasteiger charge is 2.33. The number of fused-ring (bicyclic) bond motifs is 4. The molecule has 1 aromatic heterocycles. The van der Waals surface area contributed by atoms with Crippen LogP contribution < -0.4 is 0 Å². The first kappa shape index (κ1) is 30.7. The number of rotatable bonds is 3. The largest absolute Gasteiger partial charge is 0.507 e. The van der Waals surface area contributed by atoms with Crippen molar-refractivity contribution in [2.24, 2.45) is 0 Å². The van der Waals surface area contributed by atoms with Crippen LogP contribution in [0.1, 0.15) is 11.1 Å².